The zero-order valence-corrected chi connectivity index (χ0v) is 12.3. The lowest BCUT2D eigenvalue weighted by Gasteiger charge is -2.43. The van der Waals surface area contributed by atoms with Gasteiger partial charge in [0, 0.05) is 25.6 Å². The largest absolute Gasteiger partial charge is 0.481 e. The molecule has 1 aromatic rings. The minimum absolute atomic E-state index is 0. The van der Waals surface area contributed by atoms with Crippen LogP contribution < -0.4 is 0 Å². The molecule has 1 saturated carbocycles. The molecule has 21 heavy (non-hydrogen) atoms. The first-order chi connectivity index (χ1) is 9.46. The van der Waals surface area contributed by atoms with Gasteiger partial charge in [0.2, 0.25) is 0 Å². The highest BCUT2D eigenvalue weighted by atomic mass is 35.5. The van der Waals surface area contributed by atoms with Crippen molar-refractivity contribution in [3.05, 3.63) is 35.9 Å². The maximum atomic E-state index is 14.3. The van der Waals surface area contributed by atoms with Gasteiger partial charge in [0.05, 0.1) is 0 Å². The number of halogens is 3. The fourth-order valence-electron chi connectivity index (χ4n) is 3.59. The first-order valence-electron chi connectivity index (χ1n) is 6.83. The lowest BCUT2D eigenvalue weighted by molar-refractivity contribution is -0.198. The smallest absolute Gasteiger partial charge is 0.317 e. The molecule has 116 valence electrons. The molecule has 0 amide bonds. The molecule has 0 spiro atoms. The predicted octanol–water partition coefficient (Wildman–Crippen LogP) is 3.04. The first-order valence-corrected chi connectivity index (χ1v) is 6.83. The Morgan fingerprint density at radius 2 is 2.00 bits per heavy atom. The number of piperidine rings is 1. The van der Waals surface area contributed by atoms with Crippen molar-refractivity contribution in [1.29, 1.82) is 0 Å². The van der Waals surface area contributed by atoms with Crippen molar-refractivity contribution in [1.82, 2.24) is 4.90 Å². The molecule has 1 aliphatic heterocycles. The Labute approximate surface area is 128 Å². The minimum atomic E-state index is -3.09. The summed E-state index contributed by atoms with van der Waals surface area (Å²) >= 11 is 0. The average molecular weight is 318 g/mol. The summed E-state index contributed by atoms with van der Waals surface area (Å²) < 4.78 is 28.5. The van der Waals surface area contributed by atoms with Crippen LogP contribution in [0, 0.1) is 11.3 Å². The van der Waals surface area contributed by atoms with Crippen LogP contribution in [0.2, 0.25) is 0 Å². The number of nitrogens with zero attached hydrogens (tertiary/aromatic N) is 1. The fourth-order valence-corrected chi connectivity index (χ4v) is 3.59. The van der Waals surface area contributed by atoms with Crippen molar-refractivity contribution in [3.8, 4) is 0 Å². The number of aliphatic carboxylic acids is 1. The monoisotopic (exact) mass is 317 g/mol. The average Bonchev–Trinajstić information content (AvgIpc) is 2.58. The summed E-state index contributed by atoms with van der Waals surface area (Å²) in [7, 11) is 0. The molecule has 3 rings (SSSR count). The number of likely N-dealkylation sites (tertiary alicyclic amines) is 1. The number of hydrogen-bond acceptors (Lipinski definition) is 2. The maximum absolute atomic E-state index is 14.3. The molecule has 1 heterocycles. The molecule has 1 aromatic carbocycles. The van der Waals surface area contributed by atoms with Crippen LogP contribution in [0.3, 0.4) is 0 Å². The van der Waals surface area contributed by atoms with E-state index in [9.17, 15) is 18.7 Å². The molecule has 1 saturated heterocycles. The van der Waals surface area contributed by atoms with Gasteiger partial charge in [-0.1, -0.05) is 30.3 Å². The van der Waals surface area contributed by atoms with Gasteiger partial charge in [0.15, 0.2) is 0 Å². The summed E-state index contributed by atoms with van der Waals surface area (Å²) in [6.07, 6.45) is 0.371. The molecule has 0 radical (unpaired) electrons. The van der Waals surface area contributed by atoms with Crippen LogP contribution in [0.15, 0.2) is 30.3 Å². The Morgan fingerprint density at radius 3 is 2.62 bits per heavy atom. The highest BCUT2D eigenvalue weighted by Gasteiger charge is 2.69. The topological polar surface area (TPSA) is 40.5 Å². The molecular weight excluding hydrogens is 300 g/mol. The molecule has 2 unspecified atom stereocenters. The van der Waals surface area contributed by atoms with Crippen molar-refractivity contribution < 1.29 is 18.7 Å². The zero-order valence-electron chi connectivity index (χ0n) is 11.5. The second kappa shape index (κ2) is 5.54. The summed E-state index contributed by atoms with van der Waals surface area (Å²) in [5.74, 6) is -5.29. The number of carbonyl (C=O) groups is 1. The van der Waals surface area contributed by atoms with Crippen LogP contribution >= 0.6 is 12.4 Å². The summed E-state index contributed by atoms with van der Waals surface area (Å²) in [5, 5.41) is 9.33. The van der Waals surface area contributed by atoms with Crippen LogP contribution in [0.4, 0.5) is 8.78 Å². The first kappa shape index (κ1) is 16.2. The lowest BCUT2D eigenvalue weighted by atomic mass is 9.78. The van der Waals surface area contributed by atoms with Gasteiger partial charge >= 0.3 is 5.97 Å². The summed E-state index contributed by atoms with van der Waals surface area (Å²) in [5.41, 5.74) is -0.873. The van der Waals surface area contributed by atoms with Crippen LogP contribution in [0.25, 0.3) is 0 Å². The van der Waals surface area contributed by atoms with Crippen molar-refractivity contribution in [2.45, 2.75) is 25.3 Å². The second-order valence-corrected chi connectivity index (χ2v) is 5.90. The SMILES string of the molecule is Cl.O=C(O)C12CCC(CN(Cc3ccccc3)C1)C2(F)F. The lowest BCUT2D eigenvalue weighted by Crippen LogP contribution is -2.59. The maximum Gasteiger partial charge on any atom is 0.317 e. The van der Waals surface area contributed by atoms with Crippen molar-refractivity contribution in [3.63, 3.8) is 0 Å². The molecule has 1 N–H and O–H groups in total. The van der Waals surface area contributed by atoms with E-state index < -0.39 is 23.2 Å². The molecule has 2 atom stereocenters. The molecular formula is C15H18ClF2NO2. The Balaban J connectivity index is 0.00000161. The van der Waals surface area contributed by atoms with E-state index in [4.69, 9.17) is 0 Å². The van der Waals surface area contributed by atoms with Gasteiger partial charge in [-0.2, -0.15) is 0 Å². The Morgan fingerprint density at radius 1 is 1.33 bits per heavy atom. The number of carboxylic acids is 1. The van der Waals surface area contributed by atoms with E-state index >= 15 is 0 Å². The third-order valence-electron chi connectivity index (χ3n) is 4.70. The van der Waals surface area contributed by atoms with Gasteiger partial charge in [0.25, 0.3) is 5.92 Å². The number of rotatable bonds is 3. The van der Waals surface area contributed by atoms with E-state index in [-0.39, 0.29) is 31.9 Å². The van der Waals surface area contributed by atoms with E-state index in [0.717, 1.165) is 5.56 Å². The third-order valence-corrected chi connectivity index (χ3v) is 4.70. The normalized spacial score (nSPS) is 30.7. The molecule has 2 bridgehead atoms. The Bertz CT molecular complexity index is 526. The molecule has 6 heteroatoms. The molecule has 2 aliphatic rings. The zero-order chi connectivity index (χ0) is 14.4. The quantitative estimate of drug-likeness (QED) is 0.931. The van der Waals surface area contributed by atoms with Crippen LogP contribution in [0.1, 0.15) is 18.4 Å². The molecule has 2 fully saturated rings. The van der Waals surface area contributed by atoms with Crippen molar-refractivity contribution in [2.75, 3.05) is 13.1 Å². The minimum Gasteiger partial charge on any atom is -0.481 e. The van der Waals surface area contributed by atoms with Gasteiger partial charge < -0.3 is 5.11 Å². The van der Waals surface area contributed by atoms with E-state index in [0.29, 0.717) is 13.0 Å². The third kappa shape index (κ3) is 2.42. The molecule has 0 aromatic heterocycles. The highest BCUT2D eigenvalue weighted by Crippen LogP contribution is 2.57. The summed E-state index contributed by atoms with van der Waals surface area (Å²) in [4.78, 5) is 13.3. The van der Waals surface area contributed by atoms with Gasteiger partial charge in [0.1, 0.15) is 5.41 Å². The number of carboxylic acid groups (broad SMARTS) is 1. The summed E-state index contributed by atoms with van der Waals surface area (Å²) in [6.45, 7) is 0.736. The van der Waals surface area contributed by atoms with Gasteiger partial charge in [-0.15, -0.1) is 12.4 Å². The van der Waals surface area contributed by atoms with Gasteiger partial charge in [-0.05, 0) is 18.4 Å². The van der Waals surface area contributed by atoms with Gasteiger partial charge in [-0.3, -0.25) is 9.69 Å². The number of alkyl halides is 2. The van der Waals surface area contributed by atoms with Gasteiger partial charge in [-0.25, -0.2) is 8.78 Å². The number of benzene rings is 1. The Hall–Kier alpha value is -1.20. The standard InChI is InChI=1S/C15H17F2NO2.ClH/c16-15(17)12-6-7-14(15,13(19)20)10-18(9-12)8-11-4-2-1-3-5-11;/h1-5,12H,6-10H2,(H,19,20);1H. The van der Waals surface area contributed by atoms with Crippen molar-refractivity contribution in [2.24, 2.45) is 11.3 Å². The number of hydrogen-bond donors (Lipinski definition) is 1. The van der Waals surface area contributed by atoms with E-state index in [1.165, 1.54) is 0 Å². The predicted molar refractivity (Wildman–Crippen MR) is 76.7 cm³/mol. The Kier molecular flexibility index (Phi) is 4.26. The van der Waals surface area contributed by atoms with Crippen LogP contribution in [-0.4, -0.2) is 35.0 Å². The fraction of sp³-hybridized carbons (Fsp3) is 0.533. The molecule has 3 nitrogen and oxygen atoms in total. The van der Waals surface area contributed by atoms with E-state index in [1.807, 2.05) is 35.2 Å². The molecule has 1 aliphatic carbocycles. The summed E-state index contributed by atoms with van der Waals surface area (Å²) in [6, 6.07) is 9.56. The van der Waals surface area contributed by atoms with E-state index in [1.54, 1.807) is 0 Å². The second-order valence-electron chi connectivity index (χ2n) is 5.90. The van der Waals surface area contributed by atoms with Crippen LogP contribution in [0.5, 0.6) is 0 Å². The van der Waals surface area contributed by atoms with Crippen LogP contribution in [-0.2, 0) is 11.3 Å². The van der Waals surface area contributed by atoms with Crippen molar-refractivity contribution >= 4 is 18.4 Å². The highest BCUT2D eigenvalue weighted by molar-refractivity contribution is 5.85. The van der Waals surface area contributed by atoms with E-state index in [2.05, 4.69) is 0 Å². The number of fused-ring (bicyclic) bond motifs is 2.